The fourth-order valence-corrected chi connectivity index (χ4v) is 2.66. The third-order valence-electron chi connectivity index (χ3n) is 4.12. The standard InChI is InChI=1S/C16H22F3N3O/c1-2-21-7-9-22(10-8-21)12-14-6-4-3-5-13(14)11-20-15(23)16(17,18)19/h3-6H,2,7-12H2,1H3,(H,20,23). The van der Waals surface area contributed by atoms with Crippen LogP contribution in [0.1, 0.15) is 18.1 Å². The molecular weight excluding hydrogens is 307 g/mol. The summed E-state index contributed by atoms with van der Waals surface area (Å²) < 4.78 is 36.8. The van der Waals surface area contributed by atoms with Crippen molar-refractivity contribution in [2.24, 2.45) is 0 Å². The zero-order chi connectivity index (χ0) is 16.9. The van der Waals surface area contributed by atoms with Crippen molar-refractivity contribution in [3.63, 3.8) is 0 Å². The number of rotatable bonds is 5. The lowest BCUT2D eigenvalue weighted by Crippen LogP contribution is -2.45. The molecule has 1 aliphatic heterocycles. The van der Waals surface area contributed by atoms with Gasteiger partial charge in [0.15, 0.2) is 0 Å². The molecule has 1 aromatic carbocycles. The number of benzene rings is 1. The molecule has 1 amide bonds. The van der Waals surface area contributed by atoms with Gasteiger partial charge in [-0.15, -0.1) is 0 Å². The minimum Gasteiger partial charge on any atom is -0.344 e. The number of nitrogens with zero attached hydrogens (tertiary/aromatic N) is 2. The number of hydrogen-bond donors (Lipinski definition) is 1. The van der Waals surface area contributed by atoms with Gasteiger partial charge in [-0.1, -0.05) is 31.2 Å². The summed E-state index contributed by atoms with van der Waals surface area (Å²) in [5, 5.41) is 1.94. The first-order chi connectivity index (χ1) is 10.9. The molecule has 0 saturated carbocycles. The highest BCUT2D eigenvalue weighted by Crippen LogP contribution is 2.16. The Bertz CT molecular complexity index is 526. The van der Waals surface area contributed by atoms with Gasteiger partial charge in [-0.25, -0.2) is 0 Å². The Morgan fingerprint density at radius 3 is 2.22 bits per heavy atom. The molecule has 4 nitrogen and oxygen atoms in total. The minimum atomic E-state index is -4.84. The molecule has 1 aromatic rings. The van der Waals surface area contributed by atoms with E-state index in [0.717, 1.165) is 43.9 Å². The van der Waals surface area contributed by atoms with Crippen LogP contribution in [0.2, 0.25) is 0 Å². The monoisotopic (exact) mass is 329 g/mol. The lowest BCUT2D eigenvalue weighted by atomic mass is 10.1. The van der Waals surface area contributed by atoms with Crippen LogP contribution in [0.25, 0.3) is 0 Å². The number of halogens is 3. The molecule has 0 radical (unpaired) electrons. The summed E-state index contributed by atoms with van der Waals surface area (Å²) in [6.45, 7) is 7.64. The van der Waals surface area contributed by atoms with Crippen molar-refractivity contribution in [3.8, 4) is 0 Å². The second-order valence-corrected chi connectivity index (χ2v) is 5.66. The molecular formula is C16H22F3N3O. The average Bonchev–Trinajstić information content (AvgIpc) is 2.53. The largest absolute Gasteiger partial charge is 0.471 e. The van der Waals surface area contributed by atoms with Crippen molar-refractivity contribution in [1.82, 2.24) is 15.1 Å². The van der Waals surface area contributed by atoms with Crippen LogP contribution < -0.4 is 5.32 Å². The highest BCUT2D eigenvalue weighted by Gasteiger charge is 2.38. The molecule has 0 aliphatic carbocycles. The van der Waals surface area contributed by atoms with Gasteiger partial charge < -0.3 is 10.2 Å². The van der Waals surface area contributed by atoms with Gasteiger partial charge in [0.05, 0.1) is 0 Å². The Labute approximate surface area is 134 Å². The lowest BCUT2D eigenvalue weighted by Gasteiger charge is -2.34. The van der Waals surface area contributed by atoms with E-state index in [0.29, 0.717) is 6.54 Å². The van der Waals surface area contributed by atoms with E-state index in [-0.39, 0.29) is 6.54 Å². The van der Waals surface area contributed by atoms with E-state index in [1.165, 1.54) is 0 Å². The highest BCUT2D eigenvalue weighted by molar-refractivity contribution is 5.81. The fourth-order valence-electron chi connectivity index (χ4n) is 2.66. The molecule has 1 saturated heterocycles. The van der Waals surface area contributed by atoms with E-state index >= 15 is 0 Å². The summed E-state index contributed by atoms with van der Waals surface area (Å²) in [7, 11) is 0. The third kappa shape index (κ3) is 5.21. The first-order valence-electron chi connectivity index (χ1n) is 7.76. The van der Waals surface area contributed by atoms with Crippen molar-refractivity contribution in [2.45, 2.75) is 26.2 Å². The first-order valence-corrected chi connectivity index (χ1v) is 7.76. The van der Waals surface area contributed by atoms with Crippen LogP contribution in [0.3, 0.4) is 0 Å². The molecule has 2 rings (SSSR count). The van der Waals surface area contributed by atoms with E-state index in [1.807, 2.05) is 17.4 Å². The zero-order valence-electron chi connectivity index (χ0n) is 13.2. The molecule has 0 aromatic heterocycles. The van der Waals surface area contributed by atoms with Gasteiger partial charge in [-0.05, 0) is 17.7 Å². The highest BCUT2D eigenvalue weighted by atomic mass is 19.4. The molecule has 7 heteroatoms. The average molecular weight is 329 g/mol. The Morgan fingerprint density at radius 1 is 1.09 bits per heavy atom. The fraction of sp³-hybridized carbons (Fsp3) is 0.562. The van der Waals surface area contributed by atoms with Gasteiger partial charge >= 0.3 is 12.1 Å². The Morgan fingerprint density at radius 2 is 1.65 bits per heavy atom. The summed E-state index contributed by atoms with van der Waals surface area (Å²) >= 11 is 0. The van der Waals surface area contributed by atoms with Gasteiger partial charge in [0.2, 0.25) is 0 Å². The molecule has 0 spiro atoms. The third-order valence-corrected chi connectivity index (χ3v) is 4.12. The van der Waals surface area contributed by atoms with Crippen molar-refractivity contribution >= 4 is 5.91 Å². The molecule has 0 bridgehead atoms. The molecule has 1 fully saturated rings. The van der Waals surface area contributed by atoms with Crippen LogP contribution in [-0.2, 0) is 17.9 Å². The van der Waals surface area contributed by atoms with Crippen LogP contribution in [0.15, 0.2) is 24.3 Å². The van der Waals surface area contributed by atoms with E-state index in [1.54, 1.807) is 12.1 Å². The maximum absolute atomic E-state index is 12.3. The predicted octanol–water partition coefficient (Wildman–Crippen LogP) is 2.00. The molecule has 0 unspecified atom stereocenters. The second kappa shape index (κ2) is 7.79. The van der Waals surface area contributed by atoms with Crippen LogP contribution in [0.4, 0.5) is 13.2 Å². The number of hydrogen-bond acceptors (Lipinski definition) is 3. The maximum Gasteiger partial charge on any atom is 0.471 e. The summed E-state index contributed by atoms with van der Waals surface area (Å²) in [6, 6.07) is 7.30. The van der Waals surface area contributed by atoms with E-state index in [2.05, 4.69) is 16.7 Å². The number of likely N-dealkylation sites (N-methyl/N-ethyl adjacent to an activating group) is 1. The SMILES string of the molecule is CCN1CCN(Cc2ccccc2CNC(=O)C(F)(F)F)CC1. The number of amides is 1. The number of carbonyl (C=O) groups excluding carboxylic acids is 1. The summed E-state index contributed by atoms with van der Waals surface area (Å²) in [6.07, 6.45) is -4.84. The smallest absolute Gasteiger partial charge is 0.344 e. The summed E-state index contributed by atoms with van der Waals surface area (Å²) in [4.78, 5) is 15.6. The van der Waals surface area contributed by atoms with Gasteiger partial charge in [-0.3, -0.25) is 9.69 Å². The second-order valence-electron chi connectivity index (χ2n) is 5.66. The first kappa shape index (κ1) is 17.7. The summed E-state index contributed by atoms with van der Waals surface area (Å²) in [5.41, 5.74) is 1.68. The molecule has 1 aliphatic rings. The van der Waals surface area contributed by atoms with Crippen LogP contribution in [-0.4, -0.2) is 54.6 Å². The zero-order valence-corrected chi connectivity index (χ0v) is 13.2. The lowest BCUT2D eigenvalue weighted by molar-refractivity contribution is -0.173. The molecule has 23 heavy (non-hydrogen) atoms. The van der Waals surface area contributed by atoms with Gasteiger partial charge in [-0.2, -0.15) is 13.2 Å². The van der Waals surface area contributed by atoms with Gasteiger partial charge in [0.25, 0.3) is 0 Å². The van der Waals surface area contributed by atoms with Crippen molar-refractivity contribution in [1.29, 1.82) is 0 Å². The Kier molecular flexibility index (Phi) is 6.01. The summed E-state index contributed by atoms with van der Waals surface area (Å²) in [5.74, 6) is -1.90. The number of alkyl halides is 3. The van der Waals surface area contributed by atoms with Gasteiger partial charge in [0, 0.05) is 39.3 Å². The minimum absolute atomic E-state index is 0.108. The Balaban J connectivity index is 1.94. The van der Waals surface area contributed by atoms with E-state index in [4.69, 9.17) is 0 Å². The van der Waals surface area contributed by atoms with E-state index < -0.39 is 12.1 Å². The van der Waals surface area contributed by atoms with Crippen molar-refractivity contribution in [2.75, 3.05) is 32.7 Å². The molecule has 1 heterocycles. The number of nitrogens with one attached hydrogen (secondary N) is 1. The molecule has 0 atom stereocenters. The Hall–Kier alpha value is -1.60. The van der Waals surface area contributed by atoms with Crippen LogP contribution in [0.5, 0.6) is 0 Å². The molecule has 128 valence electrons. The van der Waals surface area contributed by atoms with Crippen LogP contribution in [0, 0.1) is 0 Å². The normalized spacial score (nSPS) is 17.2. The van der Waals surface area contributed by atoms with Gasteiger partial charge in [0.1, 0.15) is 0 Å². The maximum atomic E-state index is 12.3. The quantitative estimate of drug-likeness (QED) is 0.898. The van der Waals surface area contributed by atoms with Crippen molar-refractivity contribution in [3.05, 3.63) is 35.4 Å². The number of carbonyl (C=O) groups is 1. The number of piperazine rings is 1. The van der Waals surface area contributed by atoms with Crippen LogP contribution >= 0.6 is 0 Å². The molecule has 1 N–H and O–H groups in total. The van der Waals surface area contributed by atoms with E-state index in [9.17, 15) is 18.0 Å². The predicted molar refractivity (Wildman–Crippen MR) is 81.7 cm³/mol. The topological polar surface area (TPSA) is 35.6 Å². The van der Waals surface area contributed by atoms with Crippen molar-refractivity contribution < 1.29 is 18.0 Å².